The van der Waals surface area contributed by atoms with Crippen molar-refractivity contribution in [1.82, 2.24) is 9.88 Å². The van der Waals surface area contributed by atoms with Crippen LogP contribution in [0.1, 0.15) is 50.5 Å². The first-order valence-electron chi connectivity index (χ1n) is 9.72. The third-order valence-corrected chi connectivity index (χ3v) is 6.03. The lowest BCUT2D eigenvalue weighted by Gasteiger charge is -2.39. The van der Waals surface area contributed by atoms with Gasteiger partial charge in [-0.2, -0.15) is 0 Å². The Kier molecular flexibility index (Phi) is 4.25. The number of likely N-dealkylation sites (tertiary alicyclic amines) is 1. The van der Waals surface area contributed by atoms with Crippen LogP contribution < -0.4 is 4.74 Å². The first-order chi connectivity index (χ1) is 12.8. The van der Waals surface area contributed by atoms with E-state index in [1.807, 2.05) is 42.5 Å². The number of methoxy groups -OCH3 is 1. The number of hydrogen-bond donors (Lipinski definition) is 0. The Hall–Kier alpha value is -2.36. The van der Waals surface area contributed by atoms with E-state index in [2.05, 4.69) is 25.7 Å². The molecule has 0 unspecified atom stereocenters. The highest BCUT2D eigenvalue weighted by Crippen LogP contribution is 2.52. The number of aromatic nitrogens is 1. The van der Waals surface area contributed by atoms with Gasteiger partial charge in [-0.15, -0.1) is 0 Å². The van der Waals surface area contributed by atoms with Gasteiger partial charge in [-0.1, -0.05) is 39.0 Å². The summed E-state index contributed by atoms with van der Waals surface area (Å²) in [5.41, 5.74) is 2.71. The number of hydrogen-bond acceptors (Lipinski definition) is 3. The highest BCUT2D eigenvalue weighted by molar-refractivity contribution is 5.93. The maximum atomic E-state index is 13.3. The number of nitrogens with zero attached hydrogens (tertiary/aromatic N) is 2. The van der Waals surface area contributed by atoms with E-state index in [0.717, 1.165) is 36.4 Å². The summed E-state index contributed by atoms with van der Waals surface area (Å²) in [6, 6.07) is 13.8. The Balaban J connectivity index is 1.64. The molecule has 2 aliphatic rings. The van der Waals surface area contributed by atoms with Crippen LogP contribution in [0.25, 0.3) is 11.3 Å². The first kappa shape index (κ1) is 18.0. The van der Waals surface area contributed by atoms with Crippen LogP contribution in [0.3, 0.4) is 0 Å². The van der Waals surface area contributed by atoms with E-state index < -0.39 is 0 Å². The lowest BCUT2D eigenvalue weighted by Crippen LogP contribution is -2.38. The summed E-state index contributed by atoms with van der Waals surface area (Å²) in [7, 11) is 1.65. The molecule has 4 nitrogen and oxygen atoms in total. The van der Waals surface area contributed by atoms with E-state index in [-0.39, 0.29) is 11.3 Å². The molecule has 1 saturated heterocycles. The number of fused-ring (bicyclic) bond motifs is 2. The van der Waals surface area contributed by atoms with Crippen molar-refractivity contribution in [3.05, 3.63) is 48.2 Å². The topological polar surface area (TPSA) is 42.4 Å². The normalized spacial score (nSPS) is 26.1. The molecule has 4 rings (SSSR count). The molecule has 27 heavy (non-hydrogen) atoms. The van der Waals surface area contributed by atoms with Crippen molar-refractivity contribution < 1.29 is 9.53 Å². The maximum Gasteiger partial charge on any atom is 0.272 e. The number of carbonyl (C=O) groups is 1. The fourth-order valence-electron chi connectivity index (χ4n) is 5.40. The van der Waals surface area contributed by atoms with Crippen molar-refractivity contribution in [2.45, 2.75) is 46.1 Å². The van der Waals surface area contributed by atoms with Crippen LogP contribution in [0.4, 0.5) is 0 Å². The van der Waals surface area contributed by atoms with Crippen LogP contribution in [-0.2, 0) is 0 Å². The van der Waals surface area contributed by atoms with Crippen molar-refractivity contribution in [3.8, 4) is 17.0 Å². The zero-order valence-corrected chi connectivity index (χ0v) is 16.7. The third kappa shape index (κ3) is 3.33. The molecular formula is C23H28N2O2. The molecule has 2 fully saturated rings. The van der Waals surface area contributed by atoms with Crippen LogP contribution in [0.2, 0.25) is 0 Å². The SMILES string of the molecule is COc1ccccc1-c1cccc(C(=O)N2C[C@]3(C)C[C@H]2CC(C)(C)C3)n1. The Morgan fingerprint density at radius 1 is 1.11 bits per heavy atom. The minimum Gasteiger partial charge on any atom is -0.496 e. The molecule has 4 heteroatoms. The standard InChI is InChI=1S/C23H28N2O2/c1-22(2)12-16-13-23(3,14-22)15-25(16)21(26)19-10-7-9-18(24-19)17-8-5-6-11-20(17)27-4/h5-11,16H,12-15H2,1-4H3/t16-,23-/m1/s1. The van der Waals surface area contributed by atoms with Crippen molar-refractivity contribution in [2.75, 3.05) is 13.7 Å². The first-order valence-corrected chi connectivity index (χ1v) is 9.72. The van der Waals surface area contributed by atoms with Gasteiger partial charge in [0.05, 0.1) is 12.8 Å². The van der Waals surface area contributed by atoms with Crippen LogP contribution in [0.15, 0.2) is 42.5 Å². The van der Waals surface area contributed by atoms with E-state index in [4.69, 9.17) is 9.72 Å². The highest BCUT2D eigenvalue weighted by atomic mass is 16.5. The number of rotatable bonds is 3. The summed E-state index contributed by atoms with van der Waals surface area (Å²) in [4.78, 5) is 20.1. The van der Waals surface area contributed by atoms with E-state index in [1.54, 1.807) is 7.11 Å². The van der Waals surface area contributed by atoms with Crippen molar-refractivity contribution in [3.63, 3.8) is 0 Å². The fourth-order valence-corrected chi connectivity index (χ4v) is 5.40. The van der Waals surface area contributed by atoms with E-state index in [1.165, 1.54) is 6.42 Å². The second kappa shape index (κ2) is 6.36. The molecule has 1 aliphatic heterocycles. The molecule has 2 atom stereocenters. The van der Waals surface area contributed by atoms with Crippen LogP contribution in [0.5, 0.6) is 5.75 Å². The summed E-state index contributed by atoms with van der Waals surface area (Å²) >= 11 is 0. The summed E-state index contributed by atoms with van der Waals surface area (Å²) < 4.78 is 5.46. The Morgan fingerprint density at radius 2 is 1.89 bits per heavy atom. The summed E-state index contributed by atoms with van der Waals surface area (Å²) in [6.45, 7) is 7.81. The average molecular weight is 364 g/mol. The molecule has 0 N–H and O–H groups in total. The van der Waals surface area contributed by atoms with Gasteiger partial charge < -0.3 is 9.64 Å². The van der Waals surface area contributed by atoms with Gasteiger partial charge in [0.1, 0.15) is 11.4 Å². The maximum absolute atomic E-state index is 13.3. The van der Waals surface area contributed by atoms with Crippen LogP contribution in [-0.4, -0.2) is 35.5 Å². The predicted octanol–water partition coefficient (Wildman–Crippen LogP) is 4.80. The smallest absolute Gasteiger partial charge is 0.272 e. The number of benzene rings is 1. The van der Waals surface area contributed by atoms with Gasteiger partial charge in [-0.25, -0.2) is 4.98 Å². The lowest BCUT2D eigenvalue weighted by atomic mass is 9.65. The molecule has 1 saturated carbocycles. The Labute approximate surface area is 161 Å². The molecular weight excluding hydrogens is 336 g/mol. The molecule has 2 aromatic rings. The Morgan fingerprint density at radius 3 is 2.67 bits per heavy atom. The van der Waals surface area contributed by atoms with Gasteiger partial charge in [0.15, 0.2) is 0 Å². The van der Waals surface area contributed by atoms with E-state index in [9.17, 15) is 4.79 Å². The number of carbonyl (C=O) groups excluding carboxylic acids is 1. The highest BCUT2D eigenvalue weighted by Gasteiger charge is 2.51. The third-order valence-electron chi connectivity index (χ3n) is 6.03. The van der Waals surface area contributed by atoms with Gasteiger partial charge in [-0.3, -0.25) is 4.79 Å². The van der Waals surface area contributed by atoms with Crippen LogP contribution >= 0.6 is 0 Å². The number of pyridine rings is 1. The molecule has 0 spiro atoms. The molecule has 1 aromatic heterocycles. The largest absolute Gasteiger partial charge is 0.496 e. The summed E-state index contributed by atoms with van der Waals surface area (Å²) in [5, 5.41) is 0. The zero-order chi connectivity index (χ0) is 19.2. The summed E-state index contributed by atoms with van der Waals surface area (Å²) in [5.74, 6) is 0.819. The lowest BCUT2D eigenvalue weighted by molar-refractivity contribution is 0.0702. The minimum absolute atomic E-state index is 0.0539. The van der Waals surface area contributed by atoms with Crippen molar-refractivity contribution >= 4 is 5.91 Å². The second-order valence-corrected chi connectivity index (χ2v) is 9.26. The second-order valence-electron chi connectivity index (χ2n) is 9.26. The molecule has 1 amide bonds. The van der Waals surface area contributed by atoms with Gasteiger partial charge in [0.2, 0.25) is 0 Å². The molecule has 2 heterocycles. The predicted molar refractivity (Wildman–Crippen MR) is 107 cm³/mol. The summed E-state index contributed by atoms with van der Waals surface area (Å²) in [6.07, 6.45) is 3.35. The Bertz CT molecular complexity index is 876. The van der Waals surface area contributed by atoms with Gasteiger partial charge in [-0.05, 0) is 54.4 Å². The molecule has 1 aliphatic carbocycles. The number of amides is 1. The molecule has 0 radical (unpaired) electrons. The number of ether oxygens (including phenoxy) is 1. The molecule has 2 bridgehead atoms. The van der Waals surface area contributed by atoms with E-state index in [0.29, 0.717) is 17.2 Å². The minimum atomic E-state index is 0.0539. The zero-order valence-electron chi connectivity index (χ0n) is 16.7. The van der Waals surface area contributed by atoms with Gasteiger partial charge in [0, 0.05) is 18.2 Å². The molecule has 142 valence electrons. The fraction of sp³-hybridized carbons (Fsp3) is 0.478. The average Bonchev–Trinajstić information content (AvgIpc) is 2.89. The monoisotopic (exact) mass is 364 g/mol. The van der Waals surface area contributed by atoms with Gasteiger partial charge >= 0.3 is 0 Å². The van der Waals surface area contributed by atoms with Gasteiger partial charge in [0.25, 0.3) is 5.91 Å². The van der Waals surface area contributed by atoms with Crippen LogP contribution in [0, 0.1) is 10.8 Å². The van der Waals surface area contributed by atoms with Crippen molar-refractivity contribution in [2.24, 2.45) is 10.8 Å². The number of para-hydroxylation sites is 1. The molecule has 1 aromatic carbocycles. The van der Waals surface area contributed by atoms with Crippen molar-refractivity contribution in [1.29, 1.82) is 0 Å². The quantitative estimate of drug-likeness (QED) is 0.786. The van der Waals surface area contributed by atoms with E-state index >= 15 is 0 Å².